The highest BCUT2D eigenvalue weighted by Crippen LogP contribution is 2.57. The Hall–Kier alpha value is -0.570. The average Bonchev–Trinajstić information content (AvgIpc) is 2.90. The maximum Gasteiger partial charge on any atom is 0.223 e. The molecule has 0 aromatic carbocycles. The number of ether oxygens (including phenoxy) is 1. The molecule has 3 rings (SSSR count). The fourth-order valence-corrected chi connectivity index (χ4v) is 4.46. The van der Waals surface area contributed by atoms with Crippen LogP contribution in [0.15, 0.2) is 0 Å². The van der Waals surface area contributed by atoms with Crippen molar-refractivity contribution in [3.8, 4) is 0 Å². The van der Waals surface area contributed by atoms with Crippen molar-refractivity contribution >= 4 is 5.91 Å². The van der Waals surface area contributed by atoms with E-state index in [4.69, 9.17) is 4.74 Å². The predicted molar refractivity (Wildman–Crippen MR) is 79.3 cm³/mol. The van der Waals surface area contributed by atoms with E-state index < -0.39 is 0 Å². The van der Waals surface area contributed by atoms with Crippen molar-refractivity contribution in [2.75, 3.05) is 19.8 Å². The summed E-state index contributed by atoms with van der Waals surface area (Å²) >= 11 is 0. The second-order valence-electron chi connectivity index (χ2n) is 7.93. The standard InChI is InChI=1S/C17H29NO2/c1-17(2,10-12-6-8-20-9-7-12)11-18-16(19)15-13-4-3-5-14(13)15/h12-15H,3-11H2,1-2H3,(H,18,19)/t13-,14-/m0/s1. The number of hydrogen-bond donors (Lipinski definition) is 1. The van der Waals surface area contributed by atoms with Gasteiger partial charge in [-0.15, -0.1) is 0 Å². The van der Waals surface area contributed by atoms with E-state index in [-0.39, 0.29) is 5.41 Å². The largest absolute Gasteiger partial charge is 0.381 e. The van der Waals surface area contributed by atoms with Crippen LogP contribution < -0.4 is 5.32 Å². The molecule has 3 fully saturated rings. The van der Waals surface area contributed by atoms with Crippen LogP contribution in [0.1, 0.15) is 52.4 Å². The molecule has 1 N–H and O–H groups in total. The lowest BCUT2D eigenvalue weighted by molar-refractivity contribution is -0.123. The van der Waals surface area contributed by atoms with Crippen molar-refractivity contribution in [1.29, 1.82) is 0 Å². The summed E-state index contributed by atoms with van der Waals surface area (Å²) in [6, 6.07) is 0. The molecular formula is C17H29NO2. The number of hydrogen-bond acceptors (Lipinski definition) is 2. The summed E-state index contributed by atoms with van der Waals surface area (Å²) in [6.45, 7) is 7.24. The molecule has 0 bridgehead atoms. The summed E-state index contributed by atoms with van der Waals surface area (Å²) < 4.78 is 5.42. The minimum Gasteiger partial charge on any atom is -0.381 e. The van der Waals surface area contributed by atoms with Crippen molar-refractivity contribution in [3.63, 3.8) is 0 Å². The second kappa shape index (κ2) is 5.67. The lowest BCUT2D eigenvalue weighted by Crippen LogP contribution is -2.37. The van der Waals surface area contributed by atoms with Crippen LogP contribution in [0, 0.1) is 29.1 Å². The highest BCUT2D eigenvalue weighted by molar-refractivity contribution is 5.82. The fraction of sp³-hybridized carbons (Fsp3) is 0.941. The summed E-state index contributed by atoms with van der Waals surface area (Å²) in [4.78, 5) is 12.2. The van der Waals surface area contributed by atoms with E-state index >= 15 is 0 Å². The van der Waals surface area contributed by atoms with Gasteiger partial charge >= 0.3 is 0 Å². The van der Waals surface area contributed by atoms with Gasteiger partial charge < -0.3 is 10.1 Å². The highest BCUT2D eigenvalue weighted by atomic mass is 16.5. The van der Waals surface area contributed by atoms with Gasteiger partial charge in [-0.25, -0.2) is 0 Å². The van der Waals surface area contributed by atoms with Crippen LogP contribution in [-0.4, -0.2) is 25.7 Å². The van der Waals surface area contributed by atoms with Crippen LogP contribution in [0.5, 0.6) is 0 Å². The zero-order valence-corrected chi connectivity index (χ0v) is 13.0. The number of carbonyl (C=O) groups is 1. The molecule has 20 heavy (non-hydrogen) atoms. The summed E-state index contributed by atoms with van der Waals surface area (Å²) in [5.74, 6) is 2.93. The van der Waals surface area contributed by atoms with Crippen LogP contribution in [0.4, 0.5) is 0 Å². The maximum atomic E-state index is 12.2. The third kappa shape index (κ3) is 3.19. The van der Waals surface area contributed by atoms with Gasteiger partial charge in [0.15, 0.2) is 0 Å². The van der Waals surface area contributed by atoms with Gasteiger partial charge in [0.25, 0.3) is 0 Å². The Morgan fingerprint density at radius 2 is 1.80 bits per heavy atom. The van der Waals surface area contributed by atoms with E-state index in [1.54, 1.807) is 0 Å². The van der Waals surface area contributed by atoms with E-state index in [1.165, 1.54) is 38.5 Å². The molecule has 114 valence electrons. The maximum absolute atomic E-state index is 12.2. The van der Waals surface area contributed by atoms with Crippen molar-refractivity contribution in [3.05, 3.63) is 0 Å². The smallest absolute Gasteiger partial charge is 0.223 e. The van der Waals surface area contributed by atoms with E-state index in [2.05, 4.69) is 19.2 Å². The summed E-state index contributed by atoms with van der Waals surface area (Å²) in [6.07, 6.45) is 7.49. The van der Waals surface area contributed by atoms with E-state index in [1.807, 2.05) is 0 Å². The van der Waals surface area contributed by atoms with Crippen molar-refractivity contribution in [2.24, 2.45) is 29.1 Å². The Labute approximate surface area is 122 Å². The number of fused-ring (bicyclic) bond motifs is 1. The summed E-state index contributed by atoms with van der Waals surface area (Å²) in [7, 11) is 0. The molecule has 1 saturated heterocycles. The van der Waals surface area contributed by atoms with Crippen LogP contribution in [0.25, 0.3) is 0 Å². The van der Waals surface area contributed by atoms with E-state index in [0.29, 0.717) is 11.8 Å². The molecule has 1 heterocycles. The zero-order chi connectivity index (χ0) is 14.2. The lowest BCUT2D eigenvalue weighted by atomic mass is 9.79. The lowest BCUT2D eigenvalue weighted by Gasteiger charge is -2.32. The second-order valence-corrected chi connectivity index (χ2v) is 7.93. The molecular weight excluding hydrogens is 250 g/mol. The van der Waals surface area contributed by atoms with Crippen LogP contribution >= 0.6 is 0 Å². The first-order valence-corrected chi connectivity index (χ1v) is 8.42. The van der Waals surface area contributed by atoms with Gasteiger partial charge in [-0.2, -0.15) is 0 Å². The third-order valence-electron chi connectivity index (χ3n) is 5.63. The number of nitrogens with one attached hydrogen (secondary N) is 1. The molecule has 2 aliphatic carbocycles. The normalized spacial score (nSPS) is 33.8. The topological polar surface area (TPSA) is 38.3 Å². The molecule has 3 heteroatoms. The summed E-state index contributed by atoms with van der Waals surface area (Å²) in [5.41, 5.74) is 0.210. The Morgan fingerprint density at radius 1 is 1.15 bits per heavy atom. The molecule has 3 aliphatic rings. The van der Waals surface area contributed by atoms with E-state index in [9.17, 15) is 4.79 Å². The van der Waals surface area contributed by atoms with Crippen LogP contribution in [0.2, 0.25) is 0 Å². The Bertz CT molecular complexity index is 350. The first kappa shape index (κ1) is 14.4. The van der Waals surface area contributed by atoms with Gasteiger partial charge in [0.05, 0.1) is 0 Å². The van der Waals surface area contributed by atoms with Crippen molar-refractivity contribution < 1.29 is 9.53 Å². The molecule has 2 saturated carbocycles. The van der Waals surface area contributed by atoms with Crippen molar-refractivity contribution in [2.45, 2.75) is 52.4 Å². The Morgan fingerprint density at radius 3 is 2.45 bits per heavy atom. The van der Waals surface area contributed by atoms with E-state index in [0.717, 1.165) is 37.5 Å². The fourth-order valence-electron chi connectivity index (χ4n) is 4.46. The average molecular weight is 279 g/mol. The van der Waals surface area contributed by atoms with Gasteiger partial charge in [-0.3, -0.25) is 4.79 Å². The SMILES string of the molecule is CC(C)(CNC(=O)C1[C@H]2CCC[C@H]12)CC1CCOCC1. The first-order chi connectivity index (χ1) is 9.57. The monoisotopic (exact) mass is 279 g/mol. The molecule has 0 aromatic heterocycles. The number of rotatable bonds is 5. The summed E-state index contributed by atoms with van der Waals surface area (Å²) in [5, 5.41) is 3.23. The van der Waals surface area contributed by atoms with Crippen molar-refractivity contribution in [1.82, 2.24) is 5.32 Å². The molecule has 1 aliphatic heterocycles. The van der Waals surface area contributed by atoms with Crippen LogP contribution in [-0.2, 0) is 9.53 Å². The van der Waals surface area contributed by atoms with Gasteiger partial charge in [-0.1, -0.05) is 20.3 Å². The molecule has 0 unspecified atom stereocenters. The molecule has 3 nitrogen and oxygen atoms in total. The minimum absolute atomic E-state index is 0.210. The highest BCUT2D eigenvalue weighted by Gasteiger charge is 2.56. The minimum atomic E-state index is 0.210. The van der Waals surface area contributed by atoms with Gasteiger partial charge in [0.1, 0.15) is 0 Å². The molecule has 0 radical (unpaired) electrons. The quantitative estimate of drug-likeness (QED) is 0.840. The molecule has 0 spiro atoms. The number of carbonyl (C=O) groups excluding carboxylic acids is 1. The first-order valence-electron chi connectivity index (χ1n) is 8.42. The van der Waals surface area contributed by atoms with Gasteiger partial charge in [-0.05, 0) is 55.3 Å². The Kier molecular flexibility index (Phi) is 4.07. The predicted octanol–water partition coefficient (Wildman–Crippen LogP) is 2.99. The molecule has 1 amide bonds. The molecule has 0 aromatic rings. The Balaban J connectivity index is 1.41. The van der Waals surface area contributed by atoms with Gasteiger partial charge in [0.2, 0.25) is 5.91 Å². The number of amides is 1. The third-order valence-corrected chi connectivity index (χ3v) is 5.63. The van der Waals surface area contributed by atoms with Gasteiger partial charge in [0, 0.05) is 25.7 Å². The zero-order valence-electron chi connectivity index (χ0n) is 13.0. The van der Waals surface area contributed by atoms with Crippen LogP contribution in [0.3, 0.4) is 0 Å². The molecule has 2 atom stereocenters.